The molecule has 5 nitrogen and oxygen atoms in total. The standard InChI is InChI=1S/C18H21N3O2S/c1-10(2)15(16(22)20-18-19-11(3)12(4)24-18)21-9-13-7-5-6-8-14(13)17(21)23/h5-8,10,15H,9H2,1-4H3,(H,19,20,22). The van der Waals surface area contributed by atoms with Crippen LogP contribution in [0.1, 0.15) is 40.3 Å². The van der Waals surface area contributed by atoms with Gasteiger partial charge in [0.2, 0.25) is 5.91 Å². The first-order valence-corrected chi connectivity index (χ1v) is 8.84. The molecule has 0 saturated heterocycles. The molecule has 0 aliphatic carbocycles. The van der Waals surface area contributed by atoms with Crippen molar-refractivity contribution in [3.8, 4) is 0 Å². The van der Waals surface area contributed by atoms with Gasteiger partial charge in [-0.15, -0.1) is 11.3 Å². The van der Waals surface area contributed by atoms with Crippen LogP contribution in [0.3, 0.4) is 0 Å². The fraction of sp³-hybridized carbons (Fsp3) is 0.389. The van der Waals surface area contributed by atoms with Crippen LogP contribution in [0.2, 0.25) is 0 Å². The van der Waals surface area contributed by atoms with Crippen LogP contribution in [0, 0.1) is 19.8 Å². The largest absolute Gasteiger partial charge is 0.322 e. The Labute approximate surface area is 145 Å². The summed E-state index contributed by atoms with van der Waals surface area (Å²) in [7, 11) is 0. The van der Waals surface area contributed by atoms with E-state index in [0.717, 1.165) is 16.1 Å². The number of thiazole rings is 1. The van der Waals surface area contributed by atoms with E-state index in [-0.39, 0.29) is 17.7 Å². The van der Waals surface area contributed by atoms with Crippen molar-refractivity contribution in [3.05, 3.63) is 46.0 Å². The number of benzene rings is 1. The number of aryl methyl sites for hydroxylation is 2. The number of nitrogens with one attached hydrogen (secondary N) is 1. The van der Waals surface area contributed by atoms with Gasteiger partial charge in [-0.3, -0.25) is 9.59 Å². The fourth-order valence-corrected chi connectivity index (χ4v) is 3.83. The molecule has 0 spiro atoms. The van der Waals surface area contributed by atoms with Crippen molar-refractivity contribution in [1.29, 1.82) is 0 Å². The highest BCUT2D eigenvalue weighted by Crippen LogP contribution is 2.28. The van der Waals surface area contributed by atoms with Gasteiger partial charge in [0, 0.05) is 17.0 Å². The van der Waals surface area contributed by atoms with E-state index in [1.54, 1.807) is 4.90 Å². The third-order valence-electron chi connectivity index (χ3n) is 4.34. The van der Waals surface area contributed by atoms with Gasteiger partial charge < -0.3 is 10.2 Å². The summed E-state index contributed by atoms with van der Waals surface area (Å²) in [5.74, 6) is -0.253. The van der Waals surface area contributed by atoms with Gasteiger partial charge in [-0.2, -0.15) is 0 Å². The van der Waals surface area contributed by atoms with E-state index in [1.165, 1.54) is 11.3 Å². The first-order chi connectivity index (χ1) is 11.4. The van der Waals surface area contributed by atoms with Crippen LogP contribution in [-0.4, -0.2) is 27.7 Å². The fourth-order valence-electron chi connectivity index (χ4n) is 3.01. The molecule has 1 atom stereocenters. The summed E-state index contributed by atoms with van der Waals surface area (Å²) in [4.78, 5) is 32.6. The number of nitrogens with zero attached hydrogens (tertiary/aromatic N) is 2. The van der Waals surface area contributed by atoms with Crippen molar-refractivity contribution in [3.63, 3.8) is 0 Å². The number of fused-ring (bicyclic) bond motifs is 1. The summed E-state index contributed by atoms with van der Waals surface area (Å²) in [6, 6.07) is 7.01. The van der Waals surface area contributed by atoms with E-state index >= 15 is 0 Å². The number of anilines is 1. The van der Waals surface area contributed by atoms with Gasteiger partial charge in [-0.05, 0) is 31.4 Å². The highest BCUT2D eigenvalue weighted by molar-refractivity contribution is 7.15. The molecule has 6 heteroatoms. The second-order valence-corrected chi connectivity index (χ2v) is 7.63. The lowest BCUT2D eigenvalue weighted by Crippen LogP contribution is -2.47. The van der Waals surface area contributed by atoms with Crippen molar-refractivity contribution in [1.82, 2.24) is 9.88 Å². The van der Waals surface area contributed by atoms with Gasteiger partial charge in [0.25, 0.3) is 5.91 Å². The Balaban J connectivity index is 1.83. The molecule has 2 amide bonds. The van der Waals surface area contributed by atoms with Crippen LogP contribution in [0.15, 0.2) is 24.3 Å². The lowest BCUT2D eigenvalue weighted by atomic mass is 10.0. The Kier molecular flexibility index (Phi) is 4.41. The quantitative estimate of drug-likeness (QED) is 0.926. The number of hydrogen-bond donors (Lipinski definition) is 1. The maximum absolute atomic E-state index is 12.8. The minimum absolute atomic E-state index is 0.00502. The van der Waals surface area contributed by atoms with E-state index < -0.39 is 6.04 Å². The molecule has 1 aromatic carbocycles. The normalized spacial score (nSPS) is 14.9. The van der Waals surface area contributed by atoms with E-state index in [1.807, 2.05) is 52.0 Å². The Morgan fingerprint density at radius 3 is 2.58 bits per heavy atom. The molecule has 24 heavy (non-hydrogen) atoms. The van der Waals surface area contributed by atoms with E-state index in [4.69, 9.17) is 0 Å². The van der Waals surface area contributed by atoms with Crippen molar-refractivity contribution in [2.45, 2.75) is 40.3 Å². The van der Waals surface area contributed by atoms with Gasteiger partial charge in [-0.1, -0.05) is 32.0 Å². The zero-order valence-corrected chi connectivity index (χ0v) is 15.1. The molecule has 1 aliphatic rings. The molecule has 2 heterocycles. The minimum atomic E-state index is -0.519. The van der Waals surface area contributed by atoms with Crippen LogP contribution in [0.25, 0.3) is 0 Å². The molecule has 1 aliphatic heterocycles. The van der Waals surface area contributed by atoms with Crippen LogP contribution < -0.4 is 5.32 Å². The summed E-state index contributed by atoms with van der Waals surface area (Å²) in [6.45, 7) is 8.28. The zero-order valence-electron chi connectivity index (χ0n) is 14.3. The van der Waals surface area contributed by atoms with Crippen molar-refractivity contribution < 1.29 is 9.59 Å². The number of aromatic nitrogens is 1. The first kappa shape index (κ1) is 16.6. The smallest absolute Gasteiger partial charge is 0.255 e. The second kappa shape index (κ2) is 6.36. The van der Waals surface area contributed by atoms with Gasteiger partial charge >= 0.3 is 0 Å². The predicted octanol–water partition coefficient (Wildman–Crippen LogP) is 3.38. The topological polar surface area (TPSA) is 62.3 Å². The third kappa shape index (κ3) is 2.94. The summed E-state index contributed by atoms with van der Waals surface area (Å²) >= 11 is 1.46. The molecule has 0 radical (unpaired) electrons. The van der Waals surface area contributed by atoms with Crippen molar-refractivity contribution in [2.24, 2.45) is 5.92 Å². The molecule has 1 aromatic heterocycles. The highest BCUT2D eigenvalue weighted by atomic mass is 32.1. The van der Waals surface area contributed by atoms with Gasteiger partial charge in [0.15, 0.2) is 5.13 Å². The van der Waals surface area contributed by atoms with Crippen LogP contribution in [-0.2, 0) is 11.3 Å². The average molecular weight is 343 g/mol. The number of carbonyl (C=O) groups excluding carboxylic acids is 2. The van der Waals surface area contributed by atoms with Crippen molar-refractivity contribution in [2.75, 3.05) is 5.32 Å². The summed E-state index contributed by atoms with van der Waals surface area (Å²) in [5.41, 5.74) is 2.58. The monoisotopic (exact) mass is 343 g/mol. The molecule has 126 valence electrons. The number of hydrogen-bond acceptors (Lipinski definition) is 4. The molecular formula is C18H21N3O2S. The summed E-state index contributed by atoms with van der Waals surface area (Å²) in [5, 5.41) is 3.47. The van der Waals surface area contributed by atoms with E-state index in [9.17, 15) is 9.59 Å². The lowest BCUT2D eigenvalue weighted by molar-refractivity contribution is -0.122. The molecule has 0 fully saturated rings. The maximum Gasteiger partial charge on any atom is 0.255 e. The zero-order chi connectivity index (χ0) is 17.4. The predicted molar refractivity (Wildman–Crippen MR) is 95.2 cm³/mol. The Bertz CT molecular complexity index is 778. The average Bonchev–Trinajstić information content (AvgIpc) is 3.00. The SMILES string of the molecule is Cc1nc(NC(=O)C(C(C)C)N2Cc3ccccc3C2=O)sc1C. The minimum Gasteiger partial charge on any atom is -0.322 e. The summed E-state index contributed by atoms with van der Waals surface area (Å²) < 4.78 is 0. The molecular weight excluding hydrogens is 322 g/mol. The maximum atomic E-state index is 12.8. The number of amides is 2. The highest BCUT2D eigenvalue weighted by Gasteiger charge is 2.38. The Morgan fingerprint density at radius 2 is 2.00 bits per heavy atom. The van der Waals surface area contributed by atoms with Crippen LogP contribution >= 0.6 is 11.3 Å². The van der Waals surface area contributed by atoms with Crippen molar-refractivity contribution >= 4 is 28.3 Å². The molecule has 2 aromatic rings. The summed E-state index contributed by atoms with van der Waals surface area (Å²) in [6.07, 6.45) is 0. The molecule has 1 N–H and O–H groups in total. The number of rotatable bonds is 4. The molecule has 0 saturated carbocycles. The van der Waals surface area contributed by atoms with Gasteiger partial charge in [-0.25, -0.2) is 4.98 Å². The molecule has 0 bridgehead atoms. The van der Waals surface area contributed by atoms with Crippen LogP contribution in [0.4, 0.5) is 5.13 Å². The molecule has 3 rings (SSSR count). The molecule has 1 unspecified atom stereocenters. The Morgan fingerprint density at radius 1 is 1.29 bits per heavy atom. The van der Waals surface area contributed by atoms with Crippen LogP contribution in [0.5, 0.6) is 0 Å². The lowest BCUT2D eigenvalue weighted by Gasteiger charge is -2.29. The second-order valence-electron chi connectivity index (χ2n) is 6.43. The number of carbonyl (C=O) groups is 2. The van der Waals surface area contributed by atoms with Gasteiger partial charge in [0.1, 0.15) is 6.04 Å². The van der Waals surface area contributed by atoms with E-state index in [0.29, 0.717) is 17.2 Å². The third-order valence-corrected chi connectivity index (χ3v) is 5.33. The Hall–Kier alpha value is -2.21. The first-order valence-electron chi connectivity index (χ1n) is 8.02. The van der Waals surface area contributed by atoms with E-state index in [2.05, 4.69) is 10.3 Å². The van der Waals surface area contributed by atoms with Gasteiger partial charge in [0.05, 0.1) is 5.69 Å².